The summed E-state index contributed by atoms with van der Waals surface area (Å²) in [7, 11) is 0. The van der Waals surface area contributed by atoms with E-state index in [9.17, 15) is 0 Å². The van der Waals surface area contributed by atoms with Gasteiger partial charge in [0.1, 0.15) is 0 Å². The lowest BCUT2D eigenvalue weighted by molar-refractivity contribution is 0.0679. The highest BCUT2D eigenvalue weighted by Crippen LogP contribution is 2.14. The Hall–Kier alpha value is 1.02. The number of ether oxygens (including phenoxy) is 1. The van der Waals surface area contributed by atoms with Crippen LogP contribution in [0.4, 0.5) is 0 Å². The van der Waals surface area contributed by atoms with E-state index in [2.05, 4.69) is 29.8 Å². The number of unbranched alkanes of at least 4 members (excludes halogenated alkanes) is 1. The van der Waals surface area contributed by atoms with Gasteiger partial charge in [-0.05, 0) is 12.3 Å². The Morgan fingerprint density at radius 1 is 1.13 bits per heavy atom. The Kier molecular flexibility index (Phi) is 10.9. The van der Waals surface area contributed by atoms with Crippen molar-refractivity contribution in [2.24, 2.45) is 5.92 Å². The van der Waals surface area contributed by atoms with Gasteiger partial charge >= 0.3 is 0 Å². The summed E-state index contributed by atoms with van der Waals surface area (Å²) in [4.78, 5) is 0.154. The van der Waals surface area contributed by atoms with Crippen LogP contribution in [0.2, 0.25) is 0 Å². The number of halogens is 3. The predicted molar refractivity (Wildman–Crippen MR) is 72.6 cm³/mol. The molecular formula is C11H21BrCl2O. The van der Waals surface area contributed by atoms with Crippen LogP contribution in [0.3, 0.4) is 0 Å². The SMILES string of the molecule is CC(C)CCCCOC(CCl)C(Br)CCl. The van der Waals surface area contributed by atoms with Gasteiger partial charge in [0.25, 0.3) is 0 Å². The van der Waals surface area contributed by atoms with Gasteiger partial charge in [-0.2, -0.15) is 0 Å². The maximum absolute atomic E-state index is 5.79. The van der Waals surface area contributed by atoms with Crippen molar-refractivity contribution in [2.75, 3.05) is 18.4 Å². The molecule has 0 N–H and O–H groups in total. The fourth-order valence-electron chi connectivity index (χ4n) is 1.23. The van der Waals surface area contributed by atoms with Crippen molar-refractivity contribution in [3.8, 4) is 0 Å². The van der Waals surface area contributed by atoms with Crippen LogP contribution >= 0.6 is 39.1 Å². The average molecular weight is 320 g/mol. The van der Waals surface area contributed by atoms with Gasteiger partial charge < -0.3 is 4.74 Å². The molecule has 0 spiro atoms. The molecule has 0 fully saturated rings. The fraction of sp³-hybridized carbons (Fsp3) is 1.00. The van der Waals surface area contributed by atoms with Gasteiger partial charge in [-0.25, -0.2) is 0 Å². The Labute approximate surface area is 112 Å². The van der Waals surface area contributed by atoms with Crippen LogP contribution in [-0.4, -0.2) is 29.3 Å². The van der Waals surface area contributed by atoms with Crippen LogP contribution in [0.1, 0.15) is 33.1 Å². The molecule has 2 atom stereocenters. The van der Waals surface area contributed by atoms with Gasteiger partial charge in [-0.3, -0.25) is 0 Å². The van der Waals surface area contributed by atoms with E-state index in [0.717, 1.165) is 18.9 Å². The predicted octanol–water partition coefficient (Wildman–Crippen LogP) is 4.44. The molecule has 1 nitrogen and oxygen atoms in total. The van der Waals surface area contributed by atoms with Crippen molar-refractivity contribution in [1.82, 2.24) is 0 Å². The van der Waals surface area contributed by atoms with Crippen LogP contribution in [0.5, 0.6) is 0 Å². The van der Waals surface area contributed by atoms with Crippen LogP contribution in [0.15, 0.2) is 0 Å². The van der Waals surface area contributed by atoms with Gasteiger partial charge in [0.05, 0.1) is 10.9 Å². The molecule has 0 aromatic carbocycles. The van der Waals surface area contributed by atoms with E-state index in [1.165, 1.54) is 12.8 Å². The number of hydrogen-bond acceptors (Lipinski definition) is 1. The van der Waals surface area contributed by atoms with Crippen LogP contribution in [0, 0.1) is 5.92 Å². The van der Waals surface area contributed by atoms with Crippen molar-refractivity contribution in [3.63, 3.8) is 0 Å². The van der Waals surface area contributed by atoms with E-state index < -0.39 is 0 Å². The topological polar surface area (TPSA) is 9.23 Å². The third kappa shape index (κ3) is 8.79. The number of hydrogen-bond donors (Lipinski definition) is 0. The summed E-state index contributed by atoms with van der Waals surface area (Å²) in [6.07, 6.45) is 3.62. The van der Waals surface area contributed by atoms with Crippen LogP contribution in [-0.2, 0) is 4.74 Å². The zero-order valence-corrected chi connectivity index (χ0v) is 12.6. The van der Waals surface area contributed by atoms with Crippen molar-refractivity contribution < 1.29 is 4.74 Å². The second-order valence-electron chi connectivity index (χ2n) is 4.12. The molecule has 0 saturated heterocycles. The molecule has 0 aliphatic heterocycles. The lowest BCUT2D eigenvalue weighted by Gasteiger charge is -2.19. The largest absolute Gasteiger partial charge is 0.376 e. The first-order valence-corrected chi connectivity index (χ1v) is 7.47. The molecule has 0 aromatic rings. The number of alkyl halides is 3. The second-order valence-corrected chi connectivity index (χ2v) is 5.92. The van der Waals surface area contributed by atoms with Crippen molar-refractivity contribution in [3.05, 3.63) is 0 Å². The smallest absolute Gasteiger partial charge is 0.0846 e. The lowest BCUT2D eigenvalue weighted by atomic mass is 10.1. The summed E-state index contributed by atoms with van der Waals surface area (Å²) in [6.45, 7) is 5.26. The van der Waals surface area contributed by atoms with Crippen molar-refractivity contribution in [1.29, 1.82) is 0 Å². The molecule has 0 aromatic heterocycles. The van der Waals surface area contributed by atoms with Crippen LogP contribution in [0.25, 0.3) is 0 Å². The molecule has 0 saturated carbocycles. The molecule has 2 unspecified atom stereocenters. The van der Waals surface area contributed by atoms with Gasteiger partial charge in [-0.1, -0.05) is 42.6 Å². The van der Waals surface area contributed by atoms with E-state index in [-0.39, 0.29) is 10.9 Å². The summed E-state index contributed by atoms with van der Waals surface area (Å²) in [5.41, 5.74) is 0. The molecular weight excluding hydrogens is 299 g/mol. The number of rotatable bonds is 9. The monoisotopic (exact) mass is 318 g/mol. The highest BCUT2D eigenvalue weighted by Gasteiger charge is 2.17. The third-order valence-electron chi connectivity index (χ3n) is 2.21. The first-order chi connectivity index (χ1) is 7.11. The highest BCUT2D eigenvalue weighted by molar-refractivity contribution is 9.09. The molecule has 15 heavy (non-hydrogen) atoms. The first kappa shape index (κ1) is 16.0. The van der Waals surface area contributed by atoms with E-state index in [1.807, 2.05) is 0 Å². The molecule has 0 radical (unpaired) electrons. The minimum absolute atomic E-state index is 0.0308. The summed E-state index contributed by atoms with van der Waals surface area (Å²) in [5.74, 6) is 1.80. The van der Waals surface area contributed by atoms with E-state index >= 15 is 0 Å². The van der Waals surface area contributed by atoms with E-state index in [0.29, 0.717) is 11.8 Å². The molecule has 92 valence electrons. The van der Waals surface area contributed by atoms with Gasteiger partial charge in [-0.15, -0.1) is 23.2 Å². The first-order valence-electron chi connectivity index (χ1n) is 5.49. The molecule has 0 heterocycles. The second kappa shape index (κ2) is 10.2. The fourth-order valence-corrected chi connectivity index (χ4v) is 2.29. The van der Waals surface area contributed by atoms with Crippen molar-refractivity contribution in [2.45, 2.75) is 44.0 Å². The summed E-state index contributed by atoms with van der Waals surface area (Å²) in [6, 6.07) is 0. The van der Waals surface area contributed by atoms with Gasteiger partial charge in [0, 0.05) is 18.4 Å². The molecule has 0 aliphatic rings. The lowest BCUT2D eigenvalue weighted by Crippen LogP contribution is -2.27. The Bertz CT molecular complexity index is 145. The minimum Gasteiger partial charge on any atom is -0.376 e. The zero-order valence-electron chi connectivity index (χ0n) is 9.52. The summed E-state index contributed by atoms with van der Waals surface area (Å²) in [5, 5.41) is 0. The molecule has 0 rings (SSSR count). The molecule has 4 heteroatoms. The molecule has 0 bridgehead atoms. The Morgan fingerprint density at radius 3 is 2.27 bits per heavy atom. The normalized spacial score (nSPS) is 15.6. The minimum atomic E-state index is 0.0308. The third-order valence-corrected chi connectivity index (χ3v) is 4.13. The summed E-state index contributed by atoms with van der Waals surface area (Å²) >= 11 is 15.0. The van der Waals surface area contributed by atoms with E-state index in [1.54, 1.807) is 0 Å². The van der Waals surface area contributed by atoms with Crippen LogP contribution < -0.4 is 0 Å². The highest BCUT2D eigenvalue weighted by atomic mass is 79.9. The molecule has 0 amide bonds. The molecule has 0 aliphatic carbocycles. The quantitative estimate of drug-likeness (QED) is 0.451. The maximum atomic E-state index is 5.79. The van der Waals surface area contributed by atoms with Gasteiger partial charge in [0.2, 0.25) is 0 Å². The standard InChI is InChI=1S/C11H21BrCl2O/c1-9(2)5-3-4-6-15-11(8-14)10(12)7-13/h9-11H,3-8H2,1-2H3. The Morgan fingerprint density at radius 2 is 1.80 bits per heavy atom. The van der Waals surface area contributed by atoms with Crippen molar-refractivity contribution >= 4 is 39.1 Å². The maximum Gasteiger partial charge on any atom is 0.0846 e. The zero-order chi connectivity index (χ0) is 11.7. The van der Waals surface area contributed by atoms with E-state index in [4.69, 9.17) is 27.9 Å². The average Bonchev–Trinajstić information content (AvgIpc) is 2.22. The Balaban J connectivity index is 3.46. The summed E-state index contributed by atoms with van der Waals surface area (Å²) < 4.78 is 5.66. The van der Waals surface area contributed by atoms with Gasteiger partial charge in [0.15, 0.2) is 0 Å².